The number of hydrogen-bond donors (Lipinski definition) is 2. The molecule has 0 radical (unpaired) electrons. The van der Waals surface area contributed by atoms with Crippen molar-refractivity contribution in [2.24, 2.45) is 5.92 Å². The summed E-state index contributed by atoms with van der Waals surface area (Å²) in [5.74, 6) is -4.08. The first-order valence-electron chi connectivity index (χ1n) is 11.6. The second-order valence-electron chi connectivity index (χ2n) is 9.42. The summed E-state index contributed by atoms with van der Waals surface area (Å²) in [4.78, 5) is 26.0. The highest BCUT2D eigenvalue weighted by molar-refractivity contribution is 7.11. The van der Waals surface area contributed by atoms with Gasteiger partial charge in [0.05, 0.1) is 0 Å². The zero-order valence-electron chi connectivity index (χ0n) is 21.2. The van der Waals surface area contributed by atoms with Gasteiger partial charge in [0, 0.05) is 47.4 Å². The maximum absolute atomic E-state index is 10.6. The predicted octanol–water partition coefficient (Wildman–Crippen LogP) is 5.93. The summed E-state index contributed by atoms with van der Waals surface area (Å²) in [6, 6.07) is 14.9. The number of rotatable bonds is 4. The van der Waals surface area contributed by atoms with E-state index in [0.29, 0.717) is 18.0 Å². The molecule has 1 fully saturated rings. The van der Waals surface area contributed by atoms with Gasteiger partial charge in [0.1, 0.15) is 0 Å². The van der Waals surface area contributed by atoms with Crippen LogP contribution in [0.1, 0.15) is 46.7 Å². The first-order chi connectivity index (χ1) is 17.4. The van der Waals surface area contributed by atoms with Crippen LogP contribution < -0.4 is 0 Å². The van der Waals surface area contributed by atoms with Crippen molar-refractivity contribution in [1.29, 1.82) is 0 Å². The molecule has 1 aromatic carbocycles. The highest BCUT2D eigenvalue weighted by atomic mass is 32.1. The zero-order chi connectivity index (χ0) is 29.0. The van der Waals surface area contributed by atoms with E-state index in [1.807, 2.05) is 11.3 Å². The third-order valence-electron chi connectivity index (χ3n) is 6.47. The lowest BCUT2D eigenvalue weighted by Gasteiger charge is -2.33. The van der Waals surface area contributed by atoms with Gasteiger partial charge in [0.25, 0.3) is 0 Å². The summed E-state index contributed by atoms with van der Waals surface area (Å²) in [6.07, 6.45) is -10.2. The van der Waals surface area contributed by atoms with Crippen molar-refractivity contribution in [2.75, 3.05) is 20.1 Å². The first-order valence-corrected chi connectivity index (χ1v) is 12.4. The monoisotopic (exact) mass is 568 g/mol. The fourth-order valence-corrected chi connectivity index (χ4v) is 5.61. The van der Waals surface area contributed by atoms with Crippen molar-refractivity contribution >= 4 is 23.3 Å². The Morgan fingerprint density at radius 1 is 0.974 bits per heavy atom. The Balaban J connectivity index is 0.000000301. The lowest BCUT2D eigenvalue weighted by Crippen LogP contribution is -2.35. The summed E-state index contributed by atoms with van der Waals surface area (Å²) in [6.45, 7) is 10.4. The molecule has 1 aliphatic carbocycles. The molecule has 0 saturated carbocycles. The number of aryl methyl sites for hydroxylation is 1. The number of nitrogens with zero attached hydrogens (tertiary/aromatic N) is 2. The number of fused-ring (bicyclic) bond motifs is 3. The molecule has 212 valence electrons. The van der Waals surface area contributed by atoms with E-state index in [1.54, 1.807) is 11.1 Å². The van der Waals surface area contributed by atoms with Gasteiger partial charge in [-0.3, -0.25) is 9.80 Å². The van der Waals surface area contributed by atoms with Crippen LogP contribution in [0.5, 0.6) is 0 Å². The normalized spacial score (nSPS) is 20.8. The molecule has 1 aromatic heterocycles. The predicted molar refractivity (Wildman–Crippen MR) is 130 cm³/mol. The average Bonchev–Trinajstić information content (AvgIpc) is 3.46. The maximum atomic E-state index is 10.6. The van der Waals surface area contributed by atoms with Gasteiger partial charge in [-0.2, -0.15) is 26.3 Å². The zero-order valence-corrected chi connectivity index (χ0v) is 22.0. The van der Waals surface area contributed by atoms with E-state index in [2.05, 4.69) is 74.0 Å². The van der Waals surface area contributed by atoms with Crippen LogP contribution in [-0.2, 0) is 16.1 Å². The minimum absolute atomic E-state index is 0.571. The van der Waals surface area contributed by atoms with Gasteiger partial charge >= 0.3 is 24.3 Å². The van der Waals surface area contributed by atoms with Gasteiger partial charge in [0.15, 0.2) is 0 Å². The van der Waals surface area contributed by atoms with Crippen molar-refractivity contribution in [3.8, 4) is 0 Å². The number of halogens is 6. The molecule has 2 heterocycles. The molecule has 2 N–H and O–H groups in total. The Hall–Kier alpha value is -2.64. The Bertz CT molecular complexity index is 1080. The molecule has 0 amide bonds. The Labute approximate surface area is 220 Å². The number of carboxylic acid groups (broad SMARTS) is 2. The molecule has 1 saturated heterocycles. The third kappa shape index (κ3) is 8.18. The van der Waals surface area contributed by atoms with Gasteiger partial charge in [0.2, 0.25) is 0 Å². The standard InChI is InChI=1S/C21H28N2S.2C2HF3O2/c1-14(2)22(4)21-18-8-6-5-7-17(18)19-12-23(13-20(19)21)11-16-10-9-15(3)24-16;2*3-2(4,5)1(6)7/h5-10,14,19-21H,11-13H2,1-4H3;2*(H,6,7)/t19-,20-,21-;;/m0../s1. The van der Waals surface area contributed by atoms with Crippen molar-refractivity contribution in [2.45, 2.75) is 57.7 Å². The van der Waals surface area contributed by atoms with E-state index in [9.17, 15) is 26.3 Å². The van der Waals surface area contributed by atoms with E-state index < -0.39 is 24.3 Å². The van der Waals surface area contributed by atoms with Gasteiger partial charge in [-0.15, -0.1) is 11.3 Å². The van der Waals surface area contributed by atoms with E-state index in [0.717, 1.165) is 12.5 Å². The highest BCUT2D eigenvalue weighted by Gasteiger charge is 2.47. The van der Waals surface area contributed by atoms with Crippen LogP contribution in [0.2, 0.25) is 0 Å². The van der Waals surface area contributed by atoms with Gasteiger partial charge in [-0.05, 0) is 57.0 Å². The van der Waals surface area contributed by atoms with Crippen LogP contribution in [0.3, 0.4) is 0 Å². The van der Waals surface area contributed by atoms with E-state index in [-0.39, 0.29) is 0 Å². The summed E-state index contributed by atoms with van der Waals surface area (Å²) >= 11 is 1.95. The number of benzene rings is 1. The van der Waals surface area contributed by atoms with Gasteiger partial charge < -0.3 is 10.2 Å². The average molecular weight is 569 g/mol. The Morgan fingerprint density at radius 2 is 1.47 bits per heavy atom. The van der Waals surface area contributed by atoms with Crippen molar-refractivity contribution < 1.29 is 46.1 Å². The van der Waals surface area contributed by atoms with Crippen LogP contribution in [0, 0.1) is 12.8 Å². The lowest BCUT2D eigenvalue weighted by molar-refractivity contribution is -0.193. The quantitative estimate of drug-likeness (QED) is 0.445. The molecule has 0 unspecified atom stereocenters. The fraction of sp³-hybridized carbons (Fsp3) is 0.520. The maximum Gasteiger partial charge on any atom is 0.490 e. The van der Waals surface area contributed by atoms with Crippen LogP contribution in [-0.4, -0.2) is 70.5 Å². The summed E-state index contributed by atoms with van der Waals surface area (Å²) in [5.41, 5.74) is 3.18. The summed E-state index contributed by atoms with van der Waals surface area (Å²) in [5, 5.41) is 14.2. The van der Waals surface area contributed by atoms with Gasteiger partial charge in [-0.25, -0.2) is 9.59 Å². The Kier molecular flexibility index (Phi) is 10.4. The van der Waals surface area contributed by atoms with Crippen LogP contribution in [0.25, 0.3) is 0 Å². The number of hydrogen-bond acceptors (Lipinski definition) is 5. The molecule has 2 aromatic rings. The second kappa shape index (κ2) is 12.5. The summed E-state index contributed by atoms with van der Waals surface area (Å²) in [7, 11) is 2.31. The fourth-order valence-electron chi connectivity index (χ4n) is 4.67. The molecule has 6 nitrogen and oxygen atoms in total. The SMILES string of the molecule is Cc1ccc(CN2C[C@H]3[C@@H](C2)c2ccccc2[C@@H]3N(C)C(C)C)s1.O=C(O)C(F)(F)F.O=C(O)C(F)(F)F. The van der Waals surface area contributed by atoms with E-state index in [1.165, 1.54) is 22.8 Å². The van der Waals surface area contributed by atoms with Gasteiger partial charge in [-0.1, -0.05) is 24.3 Å². The molecule has 3 atom stereocenters. The molecule has 0 spiro atoms. The third-order valence-corrected chi connectivity index (χ3v) is 7.46. The molecule has 38 heavy (non-hydrogen) atoms. The smallest absolute Gasteiger partial charge is 0.475 e. The largest absolute Gasteiger partial charge is 0.490 e. The lowest BCUT2D eigenvalue weighted by atomic mass is 9.93. The minimum atomic E-state index is -5.08. The molecule has 2 aliphatic rings. The second-order valence-corrected chi connectivity index (χ2v) is 10.8. The van der Waals surface area contributed by atoms with E-state index >= 15 is 0 Å². The van der Waals surface area contributed by atoms with Crippen molar-refractivity contribution in [3.05, 3.63) is 57.3 Å². The van der Waals surface area contributed by atoms with Crippen LogP contribution in [0.4, 0.5) is 26.3 Å². The number of alkyl halides is 6. The number of thiophene rings is 1. The van der Waals surface area contributed by atoms with Crippen LogP contribution >= 0.6 is 11.3 Å². The van der Waals surface area contributed by atoms with Crippen LogP contribution in [0.15, 0.2) is 36.4 Å². The van der Waals surface area contributed by atoms with Crippen molar-refractivity contribution in [3.63, 3.8) is 0 Å². The topological polar surface area (TPSA) is 81.1 Å². The molecular weight excluding hydrogens is 538 g/mol. The molecular formula is C25H30F6N2O4S. The summed E-state index contributed by atoms with van der Waals surface area (Å²) < 4.78 is 63.5. The highest BCUT2D eigenvalue weighted by Crippen LogP contribution is 2.52. The first kappa shape index (κ1) is 31.6. The van der Waals surface area contributed by atoms with Crippen molar-refractivity contribution in [1.82, 2.24) is 9.80 Å². The minimum Gasteiger partial charge on any atom is -0.475 e. The molecule has 1 aliphatic heterocycles. The molecule has 13 heteroatoms. The molecule has 0 bridgehead atoms. The number of carbonyl (C=O) groups is 2. The molecule has 4 rings (SSSR count). The van der Waals surface area contributed by atoms with E-state index in [4.69, 9.17) is 19.8 Å². The number of carboxylic acids is 2. The number of aliphatic carboxylic acids is 2. The number of likely N-dealkylation sites (tertiary alicyclic amines) is 1. The Morgan fingerprint density at radius 3 is 1.89 bits per heavy atom.